The molecule has 1 aliphatic heterocycles. The number of likely N-dealkylation sites (tertiary alicyclic amines) is 1. The molecule has 0 saturated carbocycles. The Morgan fingerprint density at radius 2 is 2.30 bits per heavy atom. The normalized spacial score (nSPS) is 19.5. The molecule has 0 amide bonds. The fourth-order valence-corrected chi connectivity index (χ4v) is 2.82. The molecule has 1 unspecified atom stereocenters. The smallest absolute Gasteiger partial charge is 0.293 e. The molecule has 0 radical (unpaired) electrons. The van der Waals surface area contributed by atoms with Crippen molar-refractivity contribution in [3.05, 3.63) is 33.3 Å². The third-order valence-corrected chi connectivity index (χ3v) is 4.12. The molecule has 1 fully saturated rings. The van der Waals surface area contributed by atoms with Gasteiger partial charge in [0.25, 0.3) is 5.69 Å². The SMILES string of the molecule is CC(C)N1CCC(CNc2c(Cl)cccc2[N+](=O)[O-])C1. The van der Waals surface area contributed by atoms with Gasteiger partial charge >= 0.3 is 0 Å². The number of rotatable bonds is 5. The van der Waals surface area contributed by atoms with Gasteiger partial charge in [-0.2, -0.15) is 0 Å². The second kappa shape index (κ2) is 6.41. The number of nitrogens with one attached hydrogen (secondary N) is 1. The van der Waals surface area contributed by atoms with Gasteiger partial charge in [-0.05, 0) is 38.8 Å². The number of nitrogens with zero attached hydrogens (tertiary/aromatic N) is 2. The molecule has 1 atom stereocenters. The fraction of sp³-hybridized carbons (Fsp3) is 0.571. The average molecular weight is 298 g/mol. The van der Waals surface area contributed by atoms with Crippen molar-refractivity contribution < 1.29 is 4.92 Å². The van der Waals surface area contributed by atoms with Crippen molar-refractivity contribution >= 4 is 23.0 Å². The van der Waals surface area contributed by atoms with E-state index in [0.717, 1.165) is 19.5 Å². The van der Waals surface area contributed by atoms with Crippen LogP contribution in [0.4, 0.5) is 11.4 Å². The first-order chi connectivity index (χ1) is 9.49. The van der Waals surface area contributed by atoms with E-state index in [1.165, 1.54) is 6.07 Å². The molecular formula is C14H20ClN3O2. The van der Waals surface area contributed by atoms with E-state index >= 15 is 0 Å². The van der Waals surface area contributed by atoms with Crippen molar-refractivity contribution in [2.75, 3.05) is 25.0 Å². The summed E-state index contributed by atoms with van der Waals surface area (Å²) >= 11 is 6.06. The topological polar surface area (TPSA) is 58.4 Å². The predicted octanol–water partition coefficient (Wildman–Crippen LogP) is 3.39. The van der Waals surface area contributed by atoms with Crippen molar-refractivity contribution in [2.24, 2.45) is 5.92 Å². The molecule has 6 heteroatoms. The first-order valence-corrected chi connectivity index (χ1v) is 7.27. The average Bonchev–Trinajstić information content (AvgIpc) is 2.86. The van der Waals surface area contributed by atoms with E-state index in [1.807, 2.05) is 0 Å². The van der Waals surface area contributed by atoms with Gasteiger partial charge in [-0.3, -0.25) is 10.1 Å². The summed E-state index contributed by atoms with van der Waals surface area (Å²) in [6, 6.07) is 5.30. The maximum Gasteiger partial charge on any atom is 0.293 e. The lowest BCUT2D eigenvalue weighted by atomic mass is 10.1. The molecule has 0 bridgehead atoms. The van der Waals surface area contributed by atoms with Gasteiger partial charge < -0.3 is 10.2 Å². The first-order valence-electron chi connectivity index (χ1n) is 6.90. The van der Waals surface area contributed by atoms with Crippen molar-refractivity contribution in [1.29, 1.82) is 0 Å². The van der Waals surface area contributed by atoms with E-state index in [4.69, 9.17) is 11.6 Å². The van der Waals surface area contributed by atoms with Crippen molar-refractivity contribution in [2.45, 2.75) is 26.3 Å². The molecule has 5 nitrogen and oxygen atoms in total. The second-order valence-electron chi connectivity index (χ2n) is 5.52. The Kier molecular flexibility index (Phi) is 4.83. The van der Waals surface area contributed by atoms with Crippen LogP contribution in [0.1, 0.15) is 20.3 Å². The Labute approximate surface area is 124 Å². The highest BCUT2D eigenvalue weighted by molar-refractivity contribution is 6.33. The molecular weight excluding hydrogens is 278 g/mol. The van der Waals surface area contributed by atoms with Gasteiger partial charge in [-0.15, -0.1) is 0 Å². The van der Waals surface area contributed by atoms with Crippen molar-refractivity contribution in [1.82, 2.24) is 4.90 Å². The maximum absolute atomic E-state index is 11.0. The summed E-state index contributed by atoms with van der Waals surface area (Å²) in [5.41, 5.74) is 0.471. The number of anilines is 1. The number of benzene rings is 1. The van der Waals surface area contributed by atoms with Gasteiger partial charge in [0.2, 0.25) is 0 Å². The first kappa shape index (κ1) is 15.1. The summed E-state index contributed by atoms with van der Waals surface area (Å²) in [4.78, 5) is 13.0. The van der Waals surface area contributed by atoms with Crippen LogP contribution in [-0.4, -0.2) is 35.5 Å². The maximum atomic E-state index is 11.0. The molecule has 1 saturated heterocycles. The van der Waals surface area contributed by atoms with Gasteiger partial charge in [0.1, 0.15) is 5.69 Å². The Morgan fingerprint density at radius 1 is 1.55 bits per heavy atom. The number of hydrogen-bond acceptors (Lipinski definition) is 4. The second-order valence-corrected chi connectivity index (χ2v) is 5.92. The molecule has 0 spiro atoms. The molecule has 110 valence electrons. The fourth-order valence-electron chi connectivity index (χ4n) is 2.58. The standard InChI is InChI=1S/C14H20ClN3O2/c1-10(2)17-7-6-11(9-17)8-16-14-12(15)4-3-5-13(14)18(19)20/h3-5,10-11,16H,6-9H2,1-2H3. The minimum absolute atomic E-state index is 0.0382. The lowest BCUT2D eigenvalue weighted by Crippen LogP contribution is -2.29. The van der Waals surface area contributed by atoms with Crippen LogP contribution >= 0.6 is 11.6 Å². The molecule has 0 aliphatic carbocycles. The number of nitro groups is 1. The molecule has 2 rings (SSSR count). The van der Waals surface area contributed by atoms with Crippen LogP contribution in [0, 0.1) is 16.0 Å². The Hall–Kier alpha value is -1.33. The number of para-hydroxylation sites is 1. The van der Waals surface area contributed by atoms with Gasteiger partial charge in [0, 0.05) is 25.2 Å². The molecule has 1 N–H and O–H groups in total. The summed E-state index contributed by atoms with van der Waals surface area (Å²) in [5, 5.41) is 14.6. The molecule has 1 aliphatic rings. The molecule has 1 aromatic carbocycles. The number of hydrogen-bond donors (Lipinski definition) is 1. The van der Waals surface area contributed by atoms with Gasteiger partial charge in [-0.25, -0.2) is 0 Å². The van der Waals surface area contributed by atoms with E-state index < -0.39 is 4.92 Å². The van der Waals surface area contributed by atoms with Crippen LogP contribution in [0.3, 0.4) is 0 Å². The van der Waals surface area contributed by atoms with Gasteiger partial charge in [-0.1, -0.05) is 17.7 Å². The van der Waals surface area contributed by atoms with Crippen LogP contribution in [0.25, 0.3) is 0 Å². The monoisotopic (exact) mass is 297 g/mol. The van der Waals surface area contributed by atoms with Crippen LogP contribution in [0.5, 0.6) is 0 Å². The van der Waals surface area contributed by atoms with E-state index in [0.29, 0.717) is 29.2 Å². The lowest BCUT2D eigenvalue weighted by Gasteiger charge is -2.20. The largest absolute Gasteiger partial charge is 0.378 e. The van der Waals surface area contributed by atoms with Crippen LogP contribution < -0.4 is 5.32 Å². The molecule has 20 heavy (non-hydrogen) atoms. The number of nitro benzene ring substituents is 1. The Bertz CT molecular complexity index is 493. The summed E-state index contributed by atoms with van der Waals surface area (Å²) in [5.74, 6) is 0.508. The lowest BCUT2D eigenvalue weighted by molar-refractivity contribution is -0.383. The van der Waals surface area contributed by atoms with Crippen molar-refractivity contribution in [3.8, 4) is 0 Å². The van der Waals surface area contributed by atoms with Crippen LogP contribution in [0.15, 0.2) is 18.2 Å². The van der Waals surface area contributed by atoms with Crippen LogP contribution in [0.2, 0.25) is 5.02 Å². The van der Waals surface area contributed by atoms with Gasteiger partial charge in [0.15, 0.2) is 0 Å². The van der Waals surface area contributed by atoms with E-state index in [-0.39, 0.29) is 5.69 Å². The third kappa shape index (κ3) is 3.41. The minimum atomic E-state index is -0.400. The quantitative estimate of drug-likeness (QED) is 0.668. The highest BCUT2D eigenvalue weighted by Gasteiger charge is 2.25. The summed E-state index contributed by atoms with van der Waals surface area (Å²) < 4.78 is 0. The Morgan fingerprint density at radius 3 is 2.90 bits per heavy atom. The summed E-state index contributed by atoms with van der Waals surface area (Å²) in [7, 11) is 0. The third-order valence-electron chi connectivity index (χ3n) is 3.80. The van der Waals surface area contributed by atoms with E-state index in [1.54, 1.807) is 12.1 Å². The zero-order valence-corrected chi connectivity index (χ0v) is 12.6. The molecule has 1 heterocycles. The predicted molar refractivity (Wildman–Crippen MR) is 81.4 cm³/mol. The molecule has 0 aromatic heterocycles. The highest BCUT2D eigenvalue weighted by atomic mass is 35.5. The van der Waals surface area contributed by atoms with E-state index in [2.05, 4.69) is 24.1 Å². The zero-order chi connectivity index (χ0) is 14.7. The summed E-state index contributed by atoms with van der Waals surface area (Å²) in [6.45, 7) is 7.22. The van der Waals surface area contributed by atoms with Gasteiger partial charge in [0.05, 0.1) is 9.95 Å². The Balaban J connectivity index is 2.00. The zero-order valence-electron chi connectivity index (χ0n) is 11.8. The van der Waals surface area contributed by atoms with Crippen LogP contribution in [-0.2, 0) is 0 Å². The molecule has 1 aromatic rings. The summed E-state index contributed by atoms with van der Waals surface area (Å²) in [6.07, 6.45) is 1.11. The van der Waals surface area contributed by atoms with E-state index in [9.17, 15) is 10.1 Å². The minimum Gasteiger partial charge on any atom is -0.378 e. The number of halogens is 1. The highest BCUT2D eigenvalue weighted by Crippen LogP contribution is 2.32. The van der Waals surface area contributed by atoms with Crippen molar-refractivity contribution in [3.63, 3.8) is 0 Å².